The van der Waals surface area contributed by atoms with Crippen molar-refractivity contribution in [3.63, 3.8) is 0 Å². The van der Waals surface area contributed by atoms with Gasteiger partial charge in [-0.2, -0.15) is 5.10 Å². The van der Waals surface area contributed by atoms with Gasteiger partial charge >= 0.3 is 0 Å². The molecule has 1 aliphatic rings. The summed E-state index contributed by atoms with van der Waals surface area (Å²) in [5.74, 6) is -2.93. The monoisotopic (exact) mass is 556 g/mol. The molecule has 0 aliphatic carbocycles. The van der Waals surface area contributed by atoms with Crippen LogP contribution in [0.15, 0.2) is 65.8 Å². The summed E-state index contributed by atoms with van der Waals surface area (Å²) >= 11 is 0. The molecule has 0 unspecified atom stereocenters. The van der Waals surface area contributed by atoms with Crippen molar-refractivity contribution < 1.29 is 26.3 Å². The quantitative estimate of drug-likeness (QED) is 0.303. The summed E-state index contributed by atoms with van der Waals surface area (Å²) in [5, 5.41) is 4.77. The molecule has 1 aliphatic heterocycles. The fourth-order valence-corrected chi connectivity index (χ4v) is 6.09. The van der Waals surface area contributed by atoms with Crippen molar-refractivity contribution in [2.24, 2.45) is 0 Å². The molecule has 2 aromatic heterocycles. The number of benzene rings is 2. The maximum Gasteiger partial charge on any atom is 0.185 e. The standard InChI is InChI=1S/C28H27F3N4O3S/c1-34(2)26-14-18(8-11-32-26)23-16-35(21-9-12-38-13-10-21)33-28(23)22-5-3-4-19(27(22)31)17-39(36,37)25-15-20(29)6-7-24(25)30/h3-8,11,14-16,21H,9-10,12-13,17H2,1-2H3. The van der Waals surface area contributed by atoms with Gasteiger partial charge in [-0.3, -0.25) is 4.68 Å². The van der Waals surface area contributed by atoms with Gasteiger partial charge < -0.3 is 9.64 Å². The summed E-state index contributed by atoms with van der Waals surface area (Å²) in [6.07, 6.45) is 5.03. The van der Waals surface area contributed by atoms with Gasteiger partial charge in [-0.05, 0) is 54.8 Å². The molecular weight excluding hydrogens is 529 g/mol. The largest absolute Gasteiger partial charge is 0.381 e. The summed E-state index contributed by atoms with van der Waals surface area (Å²) in [4.78, 5) is 5.40. The number of nitrogens with zero attached hydrogens (tertiary/aromatic N) is 4. The van der Waals surface area contributed by atoms with Gasteiger partial charge in [0.15, 0.2) is 9.84 Å². The lowest BCUT2D eigenvalue weighted by Gasteiger charge is -2.22. The maximum absolute atomic E-state index is 16.0. The third-order valence-corrected chi connectivity index (χ3v) is 8.39. The highest BCUT2D eigenvalue weighted by Crippen LogP contribution is 2.37. The van der Waals surface area contributed by atoms with Crippen LogP contribution in [0, 0.1) is 17.5 Å². The highest BCUT2D eigenvalue weighted by molar-refractivity contribution is 7.90. The molecule has 39 heavy (non-hydrogen) atoms. The first kappa shape index (κ1) is 26.9. The second kappa shape index (κ2) is 10.8. The minimum Gasteiger partial charge on any atom is -0.381 e. The Kier molecular flexibility index (Phi) is 7.46. The number of hydrogen-bond donors (Lipinski definition) is 0. The molecule has 0 spiro atoms. The van der Waals surface area contributed by atoms with Crippen LogP contribution in [0.4, 0.5) is 19.0 Å². The molecule has 1 fully saturated rings. The van der Waals surface area contributed by atoms with E-state index in [0.29, 0.717) is 36.4 Å². The second-order valence-corrected chi connectivity index (χ2v) is 11.6. The molecule has 5 rings (SSSR count). The second-order valence-electron chi connectivity index (χ2n) is 9.62. The first-order valence-corrected chi connectivity index (χ1v) is 14.1. The van der Waals surface area contributed by atoms with Crippen LogP contribution in [0.5, 0.6) is 0 Å². The lowest BCUT2D eigenvalue weighted by atomic mass is 10.0. The van der Waals surface area contributed by atoms with E-state index in [1.807, 2.05) is 35.9 Å². The van der Waals surface area contributed by atoms with E-state index in [9.17, 15) is 17.2 Å². The van der Waals surface area contributed by atoms with E-state index >= 15 is 4.39 Å². The van der Waals surface area contributed by atoms with Crippen LogP contribution in [-0.4, -0.2) is 50.5 Å². The van der Waals surface area contributed by atoms with Gasteiger partial charge in [-0.15, -0.1) is 0 Å². The first-order valence-electron chi connectivity index (χ1n) is 12.4. The molecule has 0 radical (unpaired) electrons. The van der Waals surface area contributed by atoms with Crippen molar-refractivity contribution in [3.8, 4) is 22.4 Å². The number of halogens is 3. The molecule has 0 bridgehead atoms. The van der Waals surface area contributed by atoms with Crippen LogP contribution in [0.1, 0.15) is 24.4 Å². The molecule has 0 amide bonds. The Labute approximate surface area is 224 Å². The van der Waals surface area contributed by atoms with Crippen LogP contribution in [0.3, 0.4) is 0 Å². The molecule has 204 valence electrons. The molecule has 4 aromatic rings. The van der Waals surface area contributed by atoms with Crippen molar-refractivity contribution in [3.05, 3.63) is 83.9 Å². The number of ether oxygens (including phenoxy) is 1. The van der Waals surface area contributed by atoms with Crippen LogP contribution >= 0.6 is 0 Å². The smallest absolute Gasteiger partial charge is 0.185 e. The van der Waals surface area contributed by atoms with Crippen molar-refractivity contribution in [2.75, 3.05) is 32.2 Å². The molecule has 1 saturated heterocycles. The lowest BCUT2D eigenvalue weighted by Crippen LogP contribution is -2.19. The predicted octanol–water partition coefficient (Wildman–Crippen LogP) is 5.42. The topological polar surface area (TPSA) is 77.3 Å². The molecule has 0 saturated carbocycles. The van der Waals surface area contributed by atoms with Gasteiger partial charge in [0.25, 0.3) is 0 Å². The Morgan fingerprint density at radius 3 is 2.54 bits per heavy atom. The number of hydrogen-bond acceptors (Lipinski definition) is 6. The summed E-state index contributed by atoms with van der Waals surface area (Å²) in [6, 6.07) is 10.3. The van der Waals surface area contributed by atoms with Crippen molar-refractivity contribution >= 4 is 15.7 Å². The maximum atomic E-state index is 16.0. The van der Waals surface area contributed by atoms with E-state index in [2.05, 4.69) is 4.98 Å². The molecule has 0 N–H and O–H groups in total. The number of anilines is 1. The van der Waals surface area contributed by atoms with Gasteiger partial charge in [-0.25, -0.2) is 26.6 Å². The predicted molar refractivity (Wildman–Crippen MR) is 142 cm³/mol. The molecule has 2 aromatic carbocycles. The van der Waals surface area contributed by atoms with E-state index in [4.69, 9.17) is 9.84 Å². The highest BCUT2D eigenvalue weighted by Gasteiger charge is 2.26. The fourth-order valence-electron chi connectivity index (χ4n) is 4.64. The van der Waals surface area contributed by atoms with Gasteiger partial charge in [-0.1, -0.05) is 12.1 Å². The zero-order chi connectivity index (χ0) is 27.7. The minimum atomic E-state index is -4.39. The Hall–Kier alpha value is -3.70. The third kappa shape index (κ3) is 5.55. The molecule has 11 heteroatoms. The molecule has 0 atom stereocenters. The first-order chi connectivity index (χ1) is 18.6. The van der Waals surface area contributed by atoms with E-state index < -0.39 is 37.9 Å². The molecule has 7 nitrogen and oxygen atoms in total. The average molecular weight is 557 g/mol. The third-order valence-electron chi connectivity index (χ3n) is 6.72. The highest BCUT2D eigenvalue weighted by atomic mass is 32.2. The minimum absolute atomic E-state index is 0.0592. The average Bonchev–Trinajstić information content (AvgIpc) is 3.37. The summed E-state index contributed by atoms with van der Waals surface area (Å²) in [5.41, 5.74) is 1.69. The van der Waals surface area contributed by atoms with Crippen molar-refractivity contribution in [1.29, 1.82) is 0 Å². The lowest BCUT2D eigenvalue weighted by molar-refractivity contribution is 0.0663. The molecular formula is C28H27F3N4O3S. The number of aromatic nitrogens is 3. The summed E-state index contributed by atoms with van der Waals surface area (Å²) in [7, 11) is -0.656. The number of sulfone groups is 1. The van der Waals surface area contributed by atoms with Gasteiger partial charge in [0, 0.05) is 56.4 Å². The van der Waals surface area contributed by atoms with E-state index in [0.717, 1.165) is 30.5 Å². The van der Waals surface area contributed by atoms with Gasteiger partial charge in [0.05, 0.1) is 11.8 Å². The number of rotatable bonds is 7. The SMILES string of the molecule is CN(C)c1cc(-c2cn(C3CCOCC3)nc2-c2cccc(CS(=O)(=O)c3cc(F)ccc3F)c2F)ccn1. The fraction of sp³-hybridized carbons (Fsp3) is 0.286. The van der Waals surface area contributed by atoms with Crippen LogP contribution < -0.4 is 4.90 Å². The Bertz CT molecular complexity index is 1620. The number of pyridine rings is 1. The van der Waals surface area contributed by atoms with E-state index in [1.165, 1.54) is 18.2 Å². The van der Waals surface area contributed by atoms with Gasteiger partial charge in [0.1, 0.15) is 33.9 Å². The summed E-state index contributed by atoms with van der Waals surface area (Å²) < 4.78 is 77.2. The van der Waals surface area contributed by atoms with Crippen LogP contribution in [0.2, 0.25) is 0 Å². The summed E-state index contributed by atoms with van der Waals surface area (Å²) in [6.45, 7) is 1.18. The van der Waals surface area contributed by atoms with Crippen molar-refractivity contribution in [1.82, 2.24) is 14.8 Å². The zero-order valence-corrected chi connectivity index (χ0v) is 22.3. The zero-order valence-electron chi connectivity index (χ0n) is 21.4. The van der Waals surface area contributed by atoms with Gasteiger partial charge in [0.2, 0.25) is 0 Å². The van der Waals surface area contributed by atoms with Crippen LogP contribution in [-0.2, 0) is 20.3 Å². The Balaban J connectivity index is 1.60. The molecule has 3 heterocycles. The Morgan fingerprint density at radius 1 is 1.03 bits per heavy atom. The van der Waals surface area contributed by atoms with Crippen molar-refractivity contribution in [2.45, 2.75) is 29.5 Å². The Morgan fingerprint density at radius 2 is 1.79 bits per heavy atom. The van der Waals surface area contributed by atoms with E-state index in [-0.39, 0.29) is 17.2 Å². The normalized spacial score (nSPS) is 14.5. The van der Waals surface area contributed by atoms with Crippen LogP contribution in [0.25, 0.3) is 22.4 Å². The van der Waals surface area contributed by atoms with E-state index in [1.54, 1.807) is 12.3 Å².